The second kappa shape index (κ2) is 5.65. The normalized spacial score (nSPS) is 11.3. The van der Waals surface area contributed by atoms with Gasteiger partial charge in [0.1, 0.15) is 5.69 Å². The van der Waals surface area contributed by atoms with E-state index in [0.29, 0.717) is 5.56 Å². The number of rotatable bonds is 4. The molecule has 0 amide bonds. The van der Waals surface area contributed by atoms with Gasteiger partial charge >= 0.3 is 5.97 Å². The van der Waals surface area contributed by atoms with Crippen LogP contribution in [-0.2, 0) is 15.6 Å². The van der Waals surface area contributed by atoms with Crippen LogP contribution in [0.5, 0.6) is 0 Å². The molecule has 21 heavy (non-hydrogen) atoms. The van der Waals surface area contributed by atoms with Crippen molar-refractivity contribution in [3.05, 3.63) is 58.9 Å². The van der Waals surface area contributed by atoms with E-state index >= 15 is 0 Å². The van der Waals surface area contributed by atoms with Crippen LogP contribution in [0.3, 0.4) is 0 Å². The summed E-state index contributed by atoms with van der Waals surface area (Å²) in [6.45, 7) is 3.63. The van der Waals surface area contributed by atoms with E-state index in [9.17, 15) is 13.2 Å². The number of nitrogens with zero attached hydrogens (tertiary/aromatic N) is 1. The lowest BCUT2D eigenvalue weighted by Gasteiger charge is -2.08. The third kappa shape index (κ3) is 3.46. The molecule has 0 spiro atoms. The van der Waals surface area contributed by atoms with E-state index in [0.717, 1.165) is 5.56 Å². The molecule has 0 saturated carbocycles. The van der Waals surface area contributed by atoms with Crippen molar-refractivity contribution in [2.45, 2.75) is 24.5 Å². The molecule has 110 valence electrons. The second-order valence-corrected chi connectivity index (χ2v) is 6.81. The molecule has 0 bridgehead atoms. The van der Waals surface area contributed by atoms with Crippen molar-refractivity contribution in [1.29, 1.82) is 0 Å². The highest BCUT2D eigenvalue weighted by Gasteiger charge is 2.19. The van der Waals surface area contributed by atoms with Crippen molar-refractivity contribution in [2.24, 2.45) is 0 Å². The molecule has 2 rings (SSSR count). The molecular weight excluding hydrogens is 290 g/mol. The van der Waals surface area contributed by atoms with E-state index in [1.165, 1.54) is 18.2 Å². The molecule has 0 aliphatic rings. The molecule has 5 nitrogen and oxygen atoms in total. The Kier molecular flexibility index (Phi) is 4.09. The van der Waals surface area contributed by atoms with Crippen LogP contribution in [-0.4, -0.2) is 24.5 Å². The number of carbonyl (C=O) groups is 1. The number of carboxylic acids is 1. The van der Waals surface area contributed by atoms with Gasteiger partial charge in [-0.1, -0.05) is 23.8 Å². The fourth-order valence-corrected chi connectivity index (χ4v) is 3.63. The van der Waals surface area contributed by atoms with Crippen LogP contribution in [0, 0.1) is 13.8 Å². The molecule has 0 fully saturated rings. The highest BCUT2D eigenvalue weighted by atomic mass is 32.2. The lowest BCUT2D eigenvalue weighted by molar-refractivity contribution is 0.0690. The summed E-state index contributed by atoms with van der Waals surface area (Å²) in [7, 11) is -3.56. The maximum atomic E-state index is 12.4. The average molecular weight is 305 g/mol. The van der Waals surface area contributed by atoms with E-state index in [1.54, 1.807) is 25.1 Å². The molecule has 0 aliphatic carbocycles. The summed E-state index contributed by atoms with van der Waals surface area (Å²) in [5.74, 6) is -1.50. The Balaban J connectivity index is 2.37. The van der Waals surface area contributed by atoms with E-state index in [4.69, 9.17) is 5.11 Å². The number of hydrogen-bond acceptors (Lipinski definition) is 4. The third-order valence-corrected chi connectivity index (χ3v) is 4.83. The Hall–Kier alpha value is -2.21. The van der Waals surface area contributed by atoms with Gasteiger partial charge in [0.25, 0.3) is 0 Å². The molecule has 1 aromatic carbocycles. The smallest absolute Gasteiger partial charge is 0.354 e. The molecule has 0 unspecified atom stereocenters. The number of sulfone groups is 1. The van der Waals surface area contributed by atoms with Crippen molar-refractivity contribution in [2.75, 3.05) is 0 Å². The quantitative estimate of drug-likeness (QED) is 0.937. The number of aryl methyl sites for hydroxylation is 2. The highest BCUT2D eigenvalue weighted by Crippen LogP contribution is 2.20. The number of carboxylic acid groups (broad SMARTS) is 1. The second-order valence-electron chi connectivity index (χ2n) is 4.85. The van der Waals surface area contributed by atoms with Gasteiger partial charge in [-0.3, -0.25) is 0 Å². The summed E-state index contributed by atoms with van der Waals surface area (Å²) < 4.78 is 24.9. The van der Waals surface area contributed by atoms with Gasteiger partial charge in [0, 0.05) is 0 Å². The fraction of sp³-hybridized carbons (Fsp3) is 0.200. The molecular formula is C15H15NO4S. The summed E-state index contributed by atoms with van der Waals surface area (Å²) in [5, 5.41) is 8.89. The summed E-state index contributed by atoms with van der Waals surface area (Å²) in [4.78, 5) is 15.0. The number of hydrogen-bond donors (Lipinski definition) is 1. The van der Waals surface area contributed by atoms with Crippen LogP contribution in [0.15, 0.2) is 41.3 Å². The monoisotopic (exact) mass is 305 g/mol. The van der Waals surface area contributed by atoms with Gasteiger partial charge in [0.05, 0.1) is 16.3 Å². The summed E-state index contributed by atoms with van der Waals surface area (Å²) in [5.41, 5.74) is 1.71. The van der Waals surface area contributed by atoms with Crippen LogP contribution >= 0.6 is 0 Å². The van der Waals surface area contributed by atoms with E-state index < -0.39 is 15.8 Å². The Morgan fingerprint density at radius 3 is 2.52 bits per heavy atom. The first kappa shape index (κ1) is 15.2. The Morgan fingerprint density at radius 1 is 1.19 bits per heavy atom. The van der Waals surface area contributed by atoms with Gasteiger partial charge in [0.2, 0.25) is 0 Å². The molecule has 0 atom stereocenters. The standard InChI is InChI=1S/C15H15NO4S/c1-10-6-7-14(11(2)8-10)21(19,20)9-12-4-3-5-13(16-12)15(17)18/h3-8H,9H2,1-2H3,(H,17,18). The van der Waals surface area contributed by atoms with Gasteiger partial charge in [-0.05, 0) is 37.6 Å². The zero-order valence-electron chi connectivity index (χ0n) is 11.7. The van der Waals surface area contributed by atoms with E-state index in [1.807, 2.05) is 6.92 Å². The largest absolute Gasteiger partial charge is 0.477 e. The fourth-order valence-electron chi connectivity index (χ4n) is 2.10. The summed E-state index contributed by atoms with van der Waals surface area (Å²) in [6.07, 6.45) is 0. The minimum absolute atomic E-state index is 0.164. The molecule has 1 heterocycles. The lowest BCUT2D eigenvalue weighted by atomic mass is 10.2. The maximum Gasteiger partial charge on any atom is 0.354 e. The van der Waals surface area contributed by atoms with Crippen molar-refractivity contribution in [3.63, 3.8) is 0 Å². The van der Waals surface area contributed by atoms with Crippen molar-refractivity contribution in [3.8, 4) is 0 Å². The number of aromatic carboxylic acids is 1. The lowest BCUT2D eigenvalue weighted by Crippen LogP contribution is -2.10. The third-order valence-electron chi connectivity index (χ3n) is 3.03. The minimum atomic E-state index is -3.56. The molecule has 1 N–H and O–H groups in total. The van der Waals surface area contributed by atoms with Gasteiger partial charge in [-0.2, -0.15) is 0 Å². The van der Waals surface area contributed by atoms with Crippen LogP contribution in [0.2, 0.25) is 0 Å². The Labute approximate surface area is 123 Å². The van der Waals surface area contributed by atoms with E-state index in [2.05, 4.69) is 4.98 Å². The molecule has 2 aromatic rings. The number of pyridine rings is 1. The predicted octanol–water partition coefficient (Wildman–Crippen LogP) is 2.37. The Morgan fingerprint density at radius 2 is 1.90 bits per heavy atom. The number of benzene rings is 1. The topological polar surface area (TPSA) is 84.3 Å². The zero-order chi connectivity index (χ0) is 15.6. The van der Waals surface area contributed by atoms with E-state index in [-0.39, 0.29) is 22.0 Å². The van der Waals surface area contributed by atoms with Crippen LogP contribution < -0.4 is 0 Å². The average Bonchev–Trinajstić information content (AvgIpc) is 2.37. The molecule has 0 saturated heterocycles. The minimum Gasteiger partial charge on any atom is -0.477 e. The number of aromatic nitrogens is 1. The van der Waals surface area contributed by atoms with Gasteiger partial charge in [-0.25, -0.2) is 18.2 Å². The van der Waals surface area contributed by atoms with Crippen molar-refractivity contribution < 1.29 is 18.3 Å². The zero-order valence-corrected chi connectivity index (χ0v) is 12.5. The van der Waals surface area contributed by atoms with Gasteiger partial charge in [-0.15, -0.1) is 0 Å². The maximum absolute atomic E-state index is 12.4. The van der Waals surface area contributed by atoms with Gasteiger partial charge < -0.3 is 5.11 Å². The van der Waals surface area contributed by atoms with Gasteiger partial charge in [0.15, 0.2) is 9.84 Å². The van der Waals surface area contributed by atoms with Crippen molar-refractivity contribution >= 4 is 15.8 Å². The first-order valence-corrected chi connectivity index (χ1v) is 7.94. The SMILES string of the molecule is Cc1ccc(S(=O)(=O)Cc2cccc(C(=O)O)n2)c(C)c1. The summed E-state index contributed by atoms with van der Waals surface area (Å²) in [6, 6.07) is 9.43. The first-order chi connectivity index (χ1) is 9.79. The molecule has 1 aromatic heterocycles. The highest BCUT2D eigenvalue weighted by molar-refractivity contribution is 7.90. The predicted molar refractivity (Wildman–Crippen MR) is 78.0 cm³/mol. The van der Waals surface area contributed by atoms with Crippen LogP contribution in [0.25, 0.3) is 0 Å². The molecule has 0 radical (unpaired) electrons. The first-order valence-electron chi connectivity index (χ1n) is 6.29. The summed E-state index contributed by atoms with van der Waals surface area (Å²) >= 11 is 0. The Bertz CT molecular complexity index is 797. The van der Waals surface area contributed by atoms with Crippen LogP contribution in [0.1, 0.15) is 27.3 Å². The van der Waals surface area contributed by atoms with Crippen LogP contribution in [0.4, 0.5) is 0 Å². The molecule has 0 aliphatic heterocycles. The molecule has 6 heteroatoms. The van der Waals surface area contributed by atoms with Crippen molar-refractivity contribution in [1.82, 2.24) is 4.98 Å².